The number of Topliss-reactive ketones (excluding diaryl/α,β-unsaturated/α-hetero) is 2. The summed E-state index contributed by atoms with van der Waals surface area (Å²) in [5, 5.41) is 0. The largest absolute Gasteiger partial charge is 0.298 e. The van der Waals surface area contributed by atoms with Crippen LogP contribution in [-0.2, 0) is 9.59 Å². The smallest absolute Gasteiger partial charge is 0.173 e. The summed E-state index contributed by atoms with van der Waals surface area (Å²) < 4.78 is 0. The third kappa shape index (κ3) is 4.03. The highest BCUT2D eigenvalue weighted by atomic mass is 16.1. The van der Waals surface area contributed by atoms with E-state index in [1.54, 1.807) is 0 Å². The maximum atomic E-state index is 11.0. The second-order valence-electron chi connectivity index (χ2n) is 5.18. The van der Waals surface area contributed by atoms with E-state index in [0.29, 0.717) is 24.8 Å². The Kier molecular flexibility index (Phi) is 5.69. The zero-order chi connectivity index (χ0) is 13.7. The number of hydrogen-bond acceptors (Lipinski definition) is 4. The highest BCUT2D eigenvalue weighted by molar-refractivity contribution is 5.99. The first kappa shape index (κ1) is 15.1. The van der Waals surface area contributed by atoms with Crippen LogP contribution in [0.5, 0.6) is 0 Å². The summed E-state index contributed by atoms with van der Waals surface area (Å²) in [6.07, 6.45) is 2.90. The number of likely N-dealkylation sites (tertiary alicyclic amines) is 2. The second-order valence-corrected chi connectivity index (χ2v) is 5.18. The van der Waals surface area contributed by atoms with Crippen molar-refractivity contribution in [3.05, 3.63) is 11.6 Å². The molecule has 2 fully saturated rings. The van der Waals surface area contributed by atoms with Crippen molar-refractivity contribution in [2.75, 3.05) is 40.3 Å². The number of likely N-dealkylation sites (N-methyl/N-ethyl adjacent to an activating group) is 2. The van der Waals surface area contributed by atoms with E-state index >= 15 is 0 Å². The molecule has 0 aliphatic carbocycles. The summed E-state index contributed by atoms with van der Waals surface area (Å²) in [5.41, 5.74) is 0.956. The number of carbonyl (C=O) groups excluding carboxylic acids is 2. The van der Waals surface area contributed by atoms with Crippen LogP contribution in [-0.4, -0.2) is 61.6 Å². The van der Waals surface area contributed by atoms with Gasteiger partial charge in [-0.05, 0) is 27.4 Å². The first-order valence-electron chi connectivity index (χ1n) is 6.56. The minimum Gasteiger partial charge on any atom is -0.298 e. The van der Waals surface area contributed by atoms with Crippen LogP contribution in [0.2, 0.25) is 0 Å². The van der Waals surface area contributed by atoms with Gasteiger partial charge in [-0.3, -0.25) is 19.4 Å². The van der Waals surface area contributed by atoms with Crippen LogP contribution in [0.4, 0.5) is 0 Å². The van der Waals surface area contributed by atoms with Gasteiger partial charge in [-0.15, -0.1) is 0 Å². The first-order chi connectivity index (χ1) is 8.47. The Bertz CT molecular complexity index is 350. The Morgan fingerprint density at radius 1 is 1.17 bits per heavy atom. The number of ketones is 2. The summed E-state index contributed by atoms with van der Waals surface area (Å²) in [6.45, 7) is 7.04. The van der Waals surface area contributed by atoms with E-state index in [1.807, 2.05) is 32.0 Å². The lowest BCUT2D eigenvalue weighted by Gasteiger charge is -2.04. The molecule has 2 aliphatic heterocycles. The molecule has 1 unspecified atom stereocenters. The molecule has 1 atom stereocenters. The van der Waals surface area contributed by atoms with Crippen LogP contribution in [0, 0.1) is 5.92 Å². The van der Waals surface area contributed by atoms with E-state index in [4.69, 9.17) is 0 Å². The Labute approximate surface area is 110 Å². The molecule has 0 aromatic carbocycles. The third-order valence-corrected chi connectivity index (χ3v) is 3.47. The van der Waals surface area contributed by atoms with Crippen molar-refractivity contribution in [2.45, 2.75) is 20.3 Å². The molecule has 2 aliphatic rings. The van der Waals surface area contributed by atoms with Gasteiger partial charge in [-0.25, -0.2) is 0 Å². The SMILES string of the molecule is C/C=C1\CN(C)CC1=O.CCC1CN(C)CC1=O. The van der Waals surface area contributed by atoms with Crippen molar-refractivity contribution < 1.29 is 9.59 Å². The van der Waals surface area contributed by atoms with Crippen molar-refractivity contribution in [3.63, 3.8) is 0 Å². The highest BCUT2D eigenvalue weighted by Crippen LogP contribution is 2.13. The molecular weight excluding hydrogens is 228 g/mol. The summed E-state index contributed by atoms with van der Waals surface area (Å²) in [7, 11) is 3.95. The van der Waals surface area contributed by atoms with Gasteiger partial charge in [-0.1, -0.05) is 13.0 Å². The summed E-state index contributed by atoms with van der Waals surface area (Å²) >= 11 is 0. The van der Waals surface area contributed by atoms with Crippen LogP contribution in [0.1, 0.15) is 20.3 Å². The predicted octanol–water partition coefficient (Wildman–Crippen LogP) is 0.974. The Hall–Kier alpha value is -1.00. The average molecular weight is 252 g/mol. The van der Waals surface area contributed by atoms with Gasteiger partial charge in [0.05, 0.1) is 13.1 Å². The number of nitrogens with zero attached hydrogens (tertiary/aromatic N) is 2. The molecule has 0 amide bonds. The van der Waals surface area contributed by atoms with Crippen LogP contribution in [0.3, 0.4) is 0 Å². The molecule has 0 saturated carbocycles. The fourth-order valence-electron chi connectivity index (χ4n) is 2.33. The fraction of sp³-hybridized carbons (Fsp3) is 0.714. The van der Waals surface area contributed by atoms with Crippen LogP contribution in [0.15, 0.2) is 11.6 Å². The molecule has 2 saturated heterocycles. The monoisotopic (exact) mass is 252 g/mol. The van der Waals surface area contributed by atoms with Crippen LogP contribution < -0.4 is 0 Å². The molecule has 0 spiro atoms. The Balaban J connectivity index is 0.000000180. The quantitative estimate of drug-likeness (QED) is 0.652. The first-order valence-corrected chi connectivity index (χ1v) is 6.56. The minimum absolute atomic E-state index is 0.278. The van der Waals surface area contributed by atoms with Gasteiger partial charge in [0.2, 0.25) is 0 Å². The van der Waals surface area contributed by atoms with Crippen molar-refractivity contribution >= 4 is 11.6 Å². The van der Waals surface area contributed by atoms with Gasteiger partial charge >= 0.3 is 0 Å². The lowest BCUT2D eigenvalue weighted by molar-refractivity contribution is -0.119. The van der Waals surface area contributed by atoms with E-state index in [-0.39, 0.29) is 5.78 Å². The van der Waals surface area contributed by atoms with E-state index in [1.165, 1.54) is 0 Å². The van der Waals surface area contributed by atoms with Gasteiger partial charge in [0.15, 0.2) is 11.6 Å². The van der Waals surface area contributed by atoms with E-state index in [2.05, 4.69) is 11.8 Å². The third-order valence-electron chi connectivity index (χ3n) is 3.47. The topological polar surface area (TPSA) is 40.6 Å². The number of carbonyl (C=O) groups is 2. The van der Waals surface area contributed by atoms with Crippen molar-refractivity contribution in [1.29, 1.82) is 0 Å². The molecule has 0 aromatic heterocycles. The molecule has 0 bridgehead atoms. The van der Waals surface area contributed by atoms with Gasteiger partial charge in [0, 0.05) is 24.6 Å². The molecule has 0 radical (unpaired) electrons. The Morgan fingerprint density at radius 3 is 2.06 bits per heavy atom. The predicted molar refractivity (Wildman–Crippen MR) is 72.5 cm³/mol. The van der Waals surface area contributed by atoms with E-state index in [9.17, 15) is 9.59 Å². The van der Waals surface area contributed by atoms with Crippen molar-refractivity contribution in [1.82, 2.24) is 9.80 Å². The lowest BCUT2D eigenvalue weighted by Crippen LogP contribution is -2.13. The summed E-state index contributed by atoms with van der Waals surface area (Å²) in [6, 6.07) is 0. The number of hydrogen-bond donors (Lipinski definition) is 0. The van der Waals surface area contributed by atoms with E-state index in [0.717, 1.165) is 25.1 Å². The zero-order valence-electron chi connectivity index (χ0n) is 11.9. The normalized spacial score (nSPS) is 27.8. The van der Waals surface area contributed by atoms with Gasteiger partial charge in [0.25, 0.3) is 0 Å². The van der Waals surface area contributed by atoms with Gasteiger partial charge in [0.1, 0.15) is 0 Å². The lowest BCUT2D eigenvalue weighted by atomic mass is 10.1. The molecule has 4 heteroatoms. The molecule has 102 valence electrons. The molecule has 2 rings (SSSR count). The molecule has 2 heterocycles. The summed E-state index contributed by atoms with van der Waals surface area (Å²) in [5.74, 6) is 1.02. The number of allylic oxidation sites excluding steroid dienone is 1. The summed E-state index contributed by atoms with van der Waals surface area (Å²) in [4.78, 5) is 26.0. The Morgan fingerprint density at radius 2 is 1.83 bits per heavy atom. The molecular formula is C14H24N2O2. The second kappa shape index (κ2) is 6.81. The average Bonchev–Trinajstić information content (AvgIpc) is 2.81. The van der Waals surface area contributed by atoms with Gasteiger partial charge < -0.3 is 0 Å². The maximum Gasteiger partial charge on any atom is 0.173 e. The zero-order valence-corrected chi connectivity index (χ0v) is 11.9. The molecule has 0 aromatic rings. The highest BCUT2D eigenvalue weighted by Gasteiger charge is 2.26. The number of rotatable bonds is 1. The molecule has 18 heavy (non-hydrogen) atoms. The van der Waals surface area contributed by atoms with Crippen LogP contribution >= 0.6 is 0 Å². The fourth-order valence-corrected chi connectivity index (χ4v) is 2.33. The minimum atomic E-state index is 0.278. The van der Waals surface area contributed by atoms with E-state index < -0.39 is 0 Å². The maximum absolute atomic E-state index is 11.0. The van der Waals surface area contributed by atoms with Crippen molar-refractivity contribution in [2.24, 2.45) is 5.92 Å². The van der Waals surface area contributed by atoms with Crippen molar-refractivity contribution in [3.8, 4) is 0 Å². The van der Waals surface area contributed by atoms with Crippen LogP contribution in [0.25, 0.3) is 0 Å². The van der Waals surface area contributed by atoms with Gasteiger partial charge in [-0.2, -0.15) is 0 Å². The molecule has 0 N–H and O–H groups in total. The standard InChI is InChI=1S/C7H13NO.C7H11NO/c2*1-3-6-4-8(2)5-7(6)9/h6H,3-5H2,1-2H3;3H,4-5H2,1-2H3/b;6-3+. The molecule has 4 nitrogen and oxygen atoms in total.